The van der Waals surface area contributed by atoms with Gasteiger partial charge in [-0.15, -0.1) is 0 Å². The number of carbonyl (C=O) groups is 1. The van der Waals surface area contributed by atoms with E-state index in [2.05, 4.69) is 13.0 Å². The zero-order chi connectivity index (χ0) is 15.6. The number of benzene rings is 1. The predicted molar refractivity (Wildman–Crippen MR) is 85.6 cm³/mol. The van der Waals surface area contributed by atoms with Crippen LogP contribution in [0.4, 0.5) is 0 Å². The van der Waals surface area contributed by atoms with Crippen LogP contribution in [0.2, 0.25) is 0 Å². The van der Waals surface area contributed by atoms with E-state index in [1.807, 2.05) is 44.7 Å². The molecule has 0 aliphatic carbocycles. The topological polar surface area (TPSA) is 29.5 Å². The van der Waals surface area contributed by atoms with Crippen LogP contribution in [0.3, 0.4) is 0 Å². The fraction of sp³-hybridized carbons (Fsp3) is 0.611. The van der Waals surface area contributed by atoms with E-state index in [4.69, 9.17) is 4.74 Å². The normalized spacial score (nSPS) is 19.5. The van der Waals surface area contributed by atoms with Crippen molar-refractivity contribution < 1.29 is 9.53 Å². The molecule has 0 aromatic heterocycles. The first-order chi connectivity index (χ1) is 9.78. The van der Waals surface area contributed by atoms with E-state index >= 15 is 0 Å². The van der Waals surface area contributed by atoms with E-state index in [9.17, 15) is 4.79 Å². The molecule has 1 aliphatic rings. The number of hydrogen-bond acceptors (Lipinski definition) is 2. The minimum atomic E-state index is -0.822. The number of amides is 1. The van der Waals surface area contributed by atoms with Gasteiger partial charge in [-0.3, -0.25) is 4.79 Å². The molecular formula is C18H27NO2. The fourth-order valence-electron chi connectivity index (χ4n) is 3.08. The summed E-state index contributed by atoms with van der Waals surface area (Å²) in [6, 6.07) is 6.08. The van der Waals surface area contributed by atoms with Gasteiger partial charge in [0.15, 0.2) is 5.60 Å². The summed E-state index contributed by atoms with van der Waals surface area (Å²) in [6.07, 6.45) is 2.30. The summed E-state index contributed by atoms with van der Waals surface area (Å²) < 4.78 is 6.02. The number of piperidine rings is 1. The lowest BCUT2D eigenvalue weighted by atomic mass is 9.98. The molecule has 0 unspecified atom stereocenters. The summed E-state index contributed by atoms with van der Waals surface area (Å²) in [5, 5.41) is 0. The van der Waals surface area contributed by atoms with Crippen molar-refractivity contribution in [3.63, 3.8) is 0 Å². The molecule has 3 heteroatoms. The third kappa shape index (κ3) is 3.99. The van der Waals surface area contributed by atoms with Crippen molar-refractivity contribution in [1.82, 2.24) is 4.90 Å². The molecule has 3 nitrogen and oxygen atoms in total. The maximum absolute atomic E-state index is 12.7. The quantitative estimate of drug-likeness (QED) is 0.848. The van der Waals surface area contributed by atoms with Crippen LogP contribution in [0, 0.1) is 19.8 Å². The van der Waals surface area contributed by atoms with Gasteiger partial charge in [0.25, 0.3) is 5.91 Å². The average Bonchev–Trinajstić information content (AvgIpc) is 2.35. The minimum Gasteiger partial charge on any atom is -0.478 e. The lowest BCUT2D eigenvalue weighted by molar-refractivity contribution is -0.147. The lowest BCUT2D eigenvalue weighted by Gasteiger charge is -2.36. The molecule has 1 heterocycles. The second-order valence-electron chi connectivity index (χ2n) is 6.93. The molecule has 0 spiro atoms. The third-order valence-electron chi connectivity index (χ3n) is 4.03. The van der Waals surface area contributed by atoms with Crippen LogP contribution in [0.1, 0.15) is 44.7 Å². The van der Waals surface area contributed by atoms with Crippen molar-refractivity contribution >= 4 is 5.91 Å². The van der Waals surface area contributed by atoms with Crippen LogP contribution in [-0.2, 0) is 4.79 Å². The van der Waals surface area contributed by atoms with Gasteiger partial charge < -0.3 is 9.64 Å². The Balaban J connectivity index is 2.11. The molecule has 1 fully saturated rings. The van der Waals surface area contributed by atoms with Crippen LogP contribution in [0.25, 0.3) is 0 Å². The first kappa shape index (κ1) is 15.9. The van der Waals surface area contributed by atoms with Crippen molar-refractivity contribution in [3.05, 3.63) is 29.3 Å². The molecule has 0 saturated carbocycles. The van der Waals surface area contributed by atoms with Gasteiger partial charge in [-0.2, -0.15) is 0 Å². The van der Waals surface area contributed by atoms with E-state index < -0.39 is 5.60 Å². The van der Waals surface area contributed by atoms with Crippen molar-refractivity contribution in [3.8, 4) is 5.75 Å². The molecule has 1 saturated heterocycles. The second-order valence-corrected chi connectivity index (χ2v) is 6.93. The van der Waals surface area contributed by atoms with Gasteiger partial charge in [0.2, 0.25) is 0 Å². The Kier molecular flexibility index (Phi) is 4.60. The molecule has 2 rings (SSSR count). The van der Waals surface area contributed by atoms with E-state index in [1.54, 1.807) is 0 Å². The summed E-state index contributed by atoms with van der Waals surface area (Å²) in [7, 11) is 0. The van der Waals surface area contributed by atoms with Gasteiger partial charge in [0.1, 0.15) is 5.75 Å². The zero-order valence-electron chi connectivity index (χ0n) is 13.9. The van der Waals surface area contributed by atoms with Crippen molar-refractivity contribution in [1.29, 1.82) is 0 Å². The van der Waals surface area contributed by atoms with Gasteiger partial charge in [0.05, 0.1) is 0 Å². The highest BCUT2D eigenvalue weighted by Gasteiger charge is 2.35. The van der Waals surface area contributed by atoms with E-state index in [0.29, 0.717) is 5.92 Å². The summed E-state index contributed by atoms with van der Waals surface area (Å²) in [5.41, 5.74) is 1.48. The van der Waals surface area contributed by atoms with E-state index in [-0.39, 0.29) is 5.91 Å². The molecule has 0 bridgehead atoms. The summed E-state index contributed by atoms with van der Waals surface area (Å²) in [4.78, 5) is 14.7. The predicted octanol–water partition coefficient (Wildman–Crippen LogP) is 3.72. The van der Waals surface area contributed by atoms with Crippen LogP contribution in [0.15, 0.2) is 18.2 Å². The SMILES string of the molecule is Cc1cc(C)cc(OC(C)(C)C(=O)N2CCC[C@H](C)C2)c1. The molecule has 1 atom stereocenters. The molecule has 1 aromatic rings. The van der Waals surface area contributed by atoms with Crippen molar-refractivity contribution in [2.24, 2.45) is 5.92 Å². The highest BCUT2D eigenvalue weighted by atomic mass is 16.5. The monoisotopic (exact) mass is 289 g/mol. The molecule has 0 N–H and O–H groups in total. The summed E-state index contributed by atoms with van der Waals surface area (Å²) in [5.74, 6) is 1.45. The van der Waals surface area contributed by atoms with E-state index in [0.717, 1.165) is 36.4 Å². The van der Waals surface area contributed by atoms with Crippen molar-refractivity contribution in [2.45, 2.75) is 53.1 Å². The van der Waals surface area contributed by atoms with Crippen LogP contribution in [-0.4, -0.2) is 29.5 Å². The number of aryl methyl sites for hydroxylation is 2. The van der Waals surface area contributed by atoms with Crippen molar-refractivity contribution in [2.75, 3.05) is 13.1 Å². The Hall–Kier alpha value is -1.51. The maximum atomic E-state index is 12.7. The smallest absolute Gasteiger partial charge is 0.266 e. The summed E-state index contributed by atoms with van der Waals surface area (Å²) >= 11 is 0. The minimum absolute atomic E-state index is 0.0909. The number of likely N-dealkylation sites (tertiary alicyclic amines) is 1. The number of ether oxygens (including phenoxy) is 1. The number of rotatable bonds is 3. The molecule has 1 amide bonds. The first-order valence-electron chi connectivity index (χ1n) is 7.84. The van der Waals surface area contributed by atoms with E-state index in [1.165, 1.54) is 6.42 Å². The van der Waals surface area contributed by atoms with Gasteiger partial charge >= 0.3 is 0 Å². The molecule has 21 heavy (non-hydrogen) atoms. The molecule has 1 aliphatic heterocycles. The Bertz CT molecular complexity index is 502. The van der Waals surface area contributed by atoms with Gasteiger partial charge in [-0.05, 0) is 69.7 Å². The molecular weight excluding hydrogens is 262 g/mol. The Morgan fingerprint density at radius 3 is 2.43 bits per heavy atom. The van der Waals surface area contributed by atoms with Crippen LogP contribution < -0.4 is 4.74 Å². The first-order valence-corrected chi connectivity index (χ1v) is 7.84. The van der Waals surface area contributed by atoms with Gasteiger partial charge in [-0.1, -0.05) is 13.0 Å². The average molecular weight is 289 g/mol. The Labute approximate surface area is 128 Å². The Morgan fingerprint density at radius 1 is 1.24 bits per heavy atom. The molecule has 1 aromatic carbocycles. The lowest BCUT2D eigenvalue weighted by Crippen LogP contribution is -2.51. The standard InChI is InChI=1S/C18H27NO2/c1-13-7-6-8-19(12-13)17(20)18(4,5)21-16-10-14(2)9-15(3)11-16/h9-11,13H,6-8,12H2,1-5H3/t13-/m0/s1. The van der Waals surface area contributed by atoms with Crippen LogP contribution in [0.5, 0.6) is 5.75 Å². The highest BCUT2D eigenvalue weighted by Crippen LogP contribution is 2.25. The number of hydrogen-bond donors (Lipinski definition) is 0. The summed E-state index contributed by atoms with van der Waals surface area (Å²) in [6.45, 7) is 11.7. The number of carbonyl (C=O) groups excluding carboxylic acids is 1. The number of nitrogens with zero attached hydrogens (tertiary/aromatic N) is 1. The molecule has 0 radical (unpaired) electrons. The maximum Gasteiger partial charge on any atom is 0.266 e. The van der Waals surface area contributed by atoms with Gasteiger partial charge in [0, 0.05) is 13.1 Å². The third-order valence-corrected chi connectivity index (χ3v) is 4.03. The largest absolute Gasteiger partial charge is 0.478 e. The second kappa shape index (κ2) is 6.08. The Morgan fingerprint density at radius 2 is 1.86 bits per heavy atom. The van der Waals surface area contributed by atoms with Crippen LogP contribution >= 0.6 is 0 Å². The zero-order valence-corrected chi connectivity index (χ0v) is 13.9. The molecule has 116 valence electrons. The fourth-order valence-corrected chi connectivity index (χ4v) is 3.08. The van der Waals surface area contributed by atoms with Gasteiger partial charge in [-0.25, -0.2) is 0 Å². The highest BCUT2D eigenvalue weighted by molar-refractivity contribution is 5.85.